The molecule has 3 aliphatic rings. The zero-order valence-corrected chi connectivity index (χ0v) is 15.8. The van der Waals surface area contributed by atoms with E-state index in [0.717, 1.165) is 42.8 Å². The number of anilines is 1. The number of nitrogens with zero attached hydrogens (tertiary/aromatic N) is 4. The van der Waals surface area contributed by atoms with Gasteiger partial charge in [-0.3, -0.25) is 4.90 Å². The summed E-state index contributed by atoms with van der Waals surface area (Å²) in [6, 6.07) is 3.03. The molecular weight excluding hydrogens is 350 g/mol. The Hall–Kier alpha value is -1.67. The molecular formula is C18H25N5O2S. The lowest BCUT2D eigenvalue weighted by Crippen LogP contribution is -2.57. The Balaban J connectivity index is 1.18. The number of rotatable bonds is 6. The van der Waals surface area contributed by atoms with Crippen LogP contribution in [0.1, 0.15) is 25.7 Å². The van der Waals surface area contributed by atoms with Gasteiger partial charge >= 0.3 is 0 Å². The van der Waals surface area contributed by atoms with Crippen molar-refractivity contribution in [2.75, 3.05) is 30.8 Å². The van der Waals surface area contributed by atoms with Gasteiger partial charge in [0, 0.05) is 38.4 Å². The Morgan fingerprint density at radius 1 is 1.27 bits per heavy atom. The van der Waals surface area contributed by atoms with Gasteiger partial charge in [-0.1, -0.05) is 0 Å². The first-order chi connectivity index (χ1) is 12.5. The fraction of sp³-hybridized carbons (Fsp3) is 0.667. The molecule has 0 bridgehead atoms. The molecule has 2 aromatic rings. The van der Waals surface area contributed by atoms with E-state index in [-0.39, 0.29) is 11.2 Å². The smallest absolute Gasteiger partial charge is 0.155 e. The Bertz CT molecular complexity index is 911. The van der Waals surface area contributed by atoms with Gasteiger partial charge in [-0.2, -0.15) is 0 Å². The van der Waals surface area contributed by atoms with E-state index in [2.05, 4.69) is 24.8 Å². The molecule has 140 valence electrons. The first-order valence-electron chi connectivity index (χ1n) is 9.48. The fourth-order valence-corrected chi connectivity index (χ4v) is 6.40. The van der Waals surface area contributed by atoms with Gasteiger partial charge in [0.25, 0.3) is 0 Å². The summed E-state index contributed by atoms with van der Waals surface area (Å²) in [6.45, 7) is 1.52. The molecule has 2 saturated carbocycles. The molecule has 0 unspecified atom stereocenters. The predicted molar refractivity (Wildman–Crippen MR) is 101 cm³/mol. The van der Waals surface area contributed by atoms with Crippen molar-refractivity contribution < 1.29 is 8.42 Å². The van der Waals surface area contributed by atoms with Crippen molar-refractivity contribution in [1.82, 2.24) is 19.9 Å². The lowest BCUT2D eigenvalue weighted by Gasteiger charge is -2.44. The molecule has 8 heteroatoms. The van der Waals surface area contributed by atoms with Crippen LogP contribution < -0.4 is 4.90 Å². The number of likely N-dealkylation sites (tertiary alicyclic amines) is 1. The molecule has 5 rings (SSSR count). The highest BCUT2D eigenvalue weighted by Gasteiger charge is 2.45. The van der Waals surface area contributed by atoms with Gasteiger partial charge in [0.1, 0.15) is 17.8 Å². The first-order valence-corrected chi connectivity index (χ1v) is 11.2. The molecule has 2 aromatic heterocycles. The van der Waals surface area contributed by atoms with Crippen molar-refractivity contribution in [1.29, 1.82) is 0 Å². The third-order valence-corrected chi connectivity index (χ3v) is 8.59. The monoisotopic (exact) mass is 375 g/mol. The molecule has 1 N–H and O–H groups in total. The summed E-state index contributed by atoms with van der Waals surface area (Å²) >= 11 is 0. The van der Waals surface area contributed by atoms with Crippen LogP contribution >= 0.6 is 0 Å². The number of nitrogens with one attached hydrogen (secondary N) is 1. The third kappa shape index (κ3) is 2.79. The molecule has 2 aliphatic carbocycles. The van der Waals surface area contributed by atoms with E-state index < -0.39 is 9.84 Å². The van der Waals surface area contributed by atoms with E-state index in [1.54, 1.807) is 6.33 Å². The van der Waals surface area contributed by atoms with Crippen molar-refractivity contribution in [3.8, 4) is 0 Å². The summed E-state index contributed by atoms with van der Waals surface area (Å²) < 4.78 is 25.3. The Morgan fingerprint density at radius 3 is 2.77 bits per heavy atom. The van der Waals surface area contributed by atoms with Crippen LogP contribution in [0.2, 0.25) is 0 Å². The minimum Gasteiger partial charge on any atom is -0.356 e. The molecule has 0 spiro atoms. The average molecular weight is 375 g/mol. The molecule has 0 radical (unpaired) electrons. The summed E-state index contributed by atoms with van der Waals surface area (Å²) in [5, 5.41) is 0.891. The number of hydrogen-bond donors (Lipinski definition) is 1. The van der Waals surface area contributed by atoms with Crippen LogP contribution in [-0.2, 0) is 9.84 Å². The van der Waals surface area contributed by atoms with E-state index in [1.807, 2.05) is 19.3 Å². The molecule has 1 aliphatic heterocycles. The van der Waals surface area contributed by atoms with Crippen molar-refractivity contribution in [3.63, 3.8) is 0 Å². The van der Waals surface area contributed by atoms with Gasteiger partial charge in [0.2, 0.25) is 0 Å². The maximum absolute atomic E-state index is 12.6. The summed E-state index contributed by atoms with van der Waals surface area (Å²) in [4.78, 5) is 16.3. The number of aromatic nitrogens is 3. The molecule has 7 nitrogen and oxygen atoms in total. The quantitative estimate of drug-likeness (QED) is 0.823. The summed E-state index contributed by atoms with van der Waals surface area (Å²) in [5.41, 5.74) is 0.838. The number of H-pyrrole nitrogens is 1. The zero-order chi connectivity index (χ0) is 17.9. The Morgan fingerprint density at radius 2 is 2.04 bits per heavy atom. The number of hydrogen-bond acceptors (Lipinski definition) is 6. The largest absolute Gasteiger partial charge is 0.356 e. The Labute approximate surface area is 153 Å². The zero-order valence-electron chi connectivity index (χ0n) is 15.0. The van der Waals surface area contributed by atoms with Gasteiger partial charge in [0.15, 0.2) is 9.84 Å². The van der Waals surface area contributed by atoms with E-state index in [4.69, 9.17) is 0 Å². The number of sulfone groups is 1. The summed E-state index contributed by atoms with van der Waals surface area (Å²) in [6.07, 6.45) is 7.79. The summed E-state index contributed by atoms with van der Waals surface area (Å²) in [7, 11) is -0.907. The second kappa shape index (κ2) is 5.92. The van der Waals surface area contributed by atoms with E-state index >= 15 is 0 Å². The lowest BCUT2D eigenvalue weighted by atomic mass is 9.81. The topological polar surface area (TPSA) is 82.2 Å². The highest BCUT2D eigenvalue weighted by molar-refractivity contribution is 7.92. The highest BCUT2D eigenvalue weighted by Crippen LogP contribution is 2.38. The van der Waals surface area contributed by atoms with Gasteiger partial charge in [-0.05, 0) is 37.7 Å². The van der Waals surface area contributed by atoms with Gasteiger partial charge in [-0.25, -0.2) is 18.4 Å². The Kier molecular flexibility index (Phi) is 3.76. The van der Waals surface area contributed by atoms with Crippen LogP contribution in [0.3, 0.4) is 0 Å². The molecule has 3 heterocycles. The predicted octanol–water partition coefficient (Wildman–Crippen LogP) is 1.43. The standard InChI is InChI=1S/C18H25N5O2S/c1-22(18-16-4-5-19-17(16)20-11-21-18)14-6-12(7-14)10-26(24,25)15-8-23(9-15)13-2-3-13/h4-5,11-15H,2-3,6-10H2,1H3,(H,19,20,21)/t12-,14+. The molecule has 0 atom stereocenters. The third-order valence-electron chi connectivity index (χ3n) is 6.34. The fourth-order valence-electron chi connectivity index (χ4n) is 4.36. The van der Waals surface area contributed by atoms with Crippen LogP contribution in [-0.4, -0.2) is 71.5 Å². The van der Waals surface area contributed by atoms with Crippen LogP contribution in [0, 0.1) is 5.92 Å². The van der Waals surface area contributed by atoms with Crippen molar-refractivity contribution in [2.45, 2.75) is 43.0 Å². The normalized spacial score (nSPS) is 27.3. The van der Waals surface area contributed by atoms with Crippen molar-refractivity contribution in [3.05, 3.63) is 18.6 Å². The second-order valence-corrected chi connectivity index (χ2v) is 10.5. The molecule has 0 amide bonds. The lowest BCUT2D eigenvalue weighted by molar-refractivity contribution is 0.173. The first kappa shape index (κ1) is 16.5. The minimum absolute atomic E-state index is 0.124. The van der Waals surface area contributed by atoms with Crippen molar-refractivity contribution >= 4 is 26.7 Å². The number of fused-ring (bicyclic) bond motifs is 1. The minimum atomic E-state index is -2.95. The molecule has 1 saturated heterocycles. The van der Waals surface area contributed by atoms with Crippen molar-refractivity contribution in [2.24, 2.45) is 5.92 Å². The van der Waals surface area contributed by atoms with Crippen LogP contribution in [0.25, 0.3) is 11.0 Å². The SMILES string of the molecule is CN(c1ncnc2[nH]ccc12)[C@H]1C[C@@H](CS(=O)(=O)C2CN(C3CC3)C2)C1. The molecule has 3 fully saturated rings. The van der Waals surface area contributed by atoms with E-state index in [0.29, 0.717) is 17.8 Å². The summed E-state index contributed by atoms with van der Waals surface area (Å²) in [5.74, 6) is 1.55. The van der Waals surface area contributed by atoms with Crippen LogP contribution in [0.15, 0.2) is 18.6 Å². The average Bonchev–Trinajstić information content (AvgIpc) is 3.22. The maximum Gasteiger partial charge on any atom is 0.155 e. The highest BCUT2D eigenvalue weighted by atomic mass is 32.2. The van der Waals surface area contributed by atoms with E-state index in [1.165, 1.54) is 12.8 Å². The van der Waals surface area contributed by atoms with Gasteiger partial charge in [0.05, 0.1) is 16.4 Å². The number of aromatic amines is 1. The van der Waals surface area contributed by atoms with Crippen LogP contribution in [0.5, 0.6) is 0 Å². The van der Waals surface area contributed by atoms with Gasteiger partial charge < -0.3 is 9.88 Å². The maximum atomic E-state index is 12.6. The molecule has 0 aromatic carbocycles. The molecule has 26 heavy (non-hydrogen) atoms. The van der Waals surface area contributed by atoms with Gasteiger partial charge in [-0.15, -0.1) is 0 Å². The van der Waals surface area contributed by atoms with Crippen LogP contribution in [0.4, 0.5) is 5.82 Å². The second-order valence-electron chi connectivity index (χ2n) is 8.18. The van der Waals surface area contributed by atoms with E-state index in [9.17, 15) is 8.42 Å².